The van der Waals surface area contributed by atoms with Gasteiger partial charge in [0, 0.05) is 11.0 Å². The minimum Gasteiger partial charge on any atom is -0.213 e. The molecule has 1 aromatic carbocycles. The van der Waals surface area contributed by atoms with Crippen LogP contribution < -0.4 is 0 Å². The molecule has 2 nitrogen and oxygen atoms in total. The topological polar surface area (TPSA) is 25.8 Å². The zero-order valence-electron chi connectivity index (χ0n) is 10.6. The minimum atomic E-state index is -4.54. The highest BCUT2D eigenvalue weighted by molar-refractivity contribution is 7.99. The summed E-state index contributed by atoms with van der Waals surface area (Å²) >= 11 is 6.66. The van der Waals surface area contributed by atoms with Gasteiger partial charge in [-0.3, -0.25) is 0 Å². The zero-order valence-corrected chi connectivity index (χ0v) is 12.2. The van der Waals surface area contributed by atoms with Crippen LogP contribution in [0.1, 0.15) is 16.8 Å². The van der Waals surface area contributed by atoms with Crippen LogP contribution in [0.3, 0.4) is 0 Å². The predicted octanol–water partition coefficient (Wildman–Crippen LogP) is 4.92. The molecule has 1 heterocycles. The van der Waals surface area contributed by atoms with Crippen LogP contribution in [0.25, 0.3) is 0 Å². The molecule has 0 radical (unpaired) electrons. The lowest BCUT2D eigenvalue weighted by atomic mass is 10.1. The Morgan fingerprint density at radius 3 is 2.35 bits per heavy atom. The van der Waals surface area contributed by atoms with Crippen molar-refractivity contribution in [2.45, 2.75) is 29.9 Å². The SMILES string of the molecule is Cc1ccc(Sc2cc(C(F)(F)F)nc(Cl)n2)cc1C. The zero-order chi connectivity index (χ0) is 14.9. The van der Waals surface area contributed by atoms with E-state index in [2.05, 4.69) is 9.97 Å². The molecular formula is C13H10ClF3N2S. The summed E-state index contributed by atoms with van der Waals surface area (Å²) in [5.74, 6) is 0. The molecule has 106 valence electrons. The molecule has 0 fully saturated rings. The molecule has 0 amide bonds. The van der Waals surface area contributed by atoms with E-state index in [0.717, 1.165) is 33.9 Å². The van der Waals surface area contributed by atoms with Crippen molar-refractivity contribution in [2.75, 3.05) is 0 Å². The predicted molar refractivity (Wildman–Crippen MR) is 72.1 cm³/mol. The van der Waals surface area contributed by atoms with Gasteiger partial charge in [0.2, 0.25) is 5.28 Å². The van der Waals surface area contributed by atoms with E-state index in [1.807, 2.05) is 32.0 Å². The standard InChI is InChI=1S/C13H10ClF3N2S/c1-7-3-4-9(5-8(7)2)20-11-6-10(13(15,16)17)18-12(14)19-11/h3-6H,1-2H3. The summed E-state index contributed by atoms with van der Waals surface area (Å²) in [5, 5.41) is -0.244. The molecule has 2 aromatic rings. The van der Waals surface area contributed by atoms with E-state index >= 15 is 0 Å². The van der Waals surface area contributed by atoms with E-state index in [1.54, 1.807) is 0 Å². The fourth-order valence-corrected chi connectivity index (χ4v) is 2.64. The minimum absolute atomic E-state index is 0.167. The Balaban J connectivity index is 2.33. The van der Waals surface area contributed by atoms with Gasteiger partial charge in [0.25, 0.3) is 0 Å². The lowest BCUT2D eigenvalue weighted by molar-refractivity contribution is -0.141. The van der Waals surface area contributed by atoms with Crippen molar-refractivity contribution in [1.82, 2.24) is 9.97 Å². The third kappa shape index (κ3) is 3.64. The van der Waals surface area contributed by atoms with Gasteiger partial charge < -0.3 is 0 Å². The normalized spacial score (nSPS) is 11.7. The molecule has 0 aliphatic carbocycles. The van der Waals surface area contributed by atoms with Crippen LogP contribution in [-0.4, -0.2) is 9.97 Å². The number of aromatic nitrogens is 2. The Morgan fingerprint density at radius 1 is 1.05 bits per heavy atom. The Labute approximate surface area is 123 Å². The van der Waals surface area contributed by atoms with Crippen molar-refractivity contribution in [3.8, 4) is 0 Å². The van der Waals surface area contributed by atoms with Crippen molar-refractivity contribution >= 4 is 23.4 Å². The van der Waals surface area contributed by atoms with Crippen LogP contribution in [0.4, 0.5) is 13.2 Å². The Bertz CT molecular complexity index is 644. The fourth-order valence-electron chi connectivity index (χ4n) is 1.49. The average Bonchev–Trinajstić information content (AvgIpc) is 2.32. The first-order valence-corrected chi connectivity index (χ1v) is 6.82. The van der Waals surface area contributed by atoms with Crippen molar-refractivity contribution < 1.29 is 13.2 Å². The third-order valence-electron chi connectivity index (χ3n) is 2.67. The number of hydrogen-bond acceptors (Lipinski definition) is 3. The average molecular weight is 319 g/mol. The molecule has 1 aromatic heterocycles. The summed E-state index contributed by atoms with van der Waals surface area (Å²) in [6.45, 7) is 3.90. The summed E-state index contributed by atoms with van der Waals surface area (Å²) in [4.78, 5) is 7.81. The molecule has 0 aliphatic rings. The van der Waals surface area contributed by atoms with Crippen molar-refractivity contribution in [2.24, 2.45) is 0 Å². The molecule has 20 heavy (non-hydrogen) atoms. The fraction of sp³-hybridized carbons (Fsp3) is 0.231. The first kappa shape index (κ1) is 15.1. The molecule has 2 rings (SSSR count). The molecule has 0 bridgehead atoms. The number of nitrogens with zero attached hydrogens (tertiary/aromatic N) is 2. The van der Waals surface area contributed by atoms with Crippen LogP contribution in [0.5, 0.6) is 0 Å². The second-order valence-corrected chi connectivity index (χ2v) is 5.64. The van der Waals surface area contributed by atoms with E-state index < -0.39 is 17.2 Å². The number of hydrogen-bond donors (Lipinski definition) is 0. The molecule has 0 aliphatic heterocycles. The number of alkyl halides is 3. The van der Waals surface area contributed by atoms with Crippen LogP contribution in [0, 0.1) is 13.8 Å². The van der Waals surface area contributed by atoms with Gasteiger partial charge in [0.05, 0.1) is 0 Å². The van der Waals surface area contributed by atoms with Gasteiger partial charge in [-0.15, -0.1) is 0 Å². The number of benzene rings is 1. The first-order chi connectivity index (χ1) is 9.25. The van der Waals surface area contributed by atoms with Gasteiger partial charge in [-0.05, 0) is 48.7 Å². The third-order valence-corrected chi connectivity index (χ3v) is 3.74. The highest BCUT2D eigenvalue weighted by atomic mass is 35.5. The molecular weight excluding hydrogens is 309 g/mol. The summed E-state index contributed by atoms with van der Waals surface area (Å²) in [6, 6.07) is 6.52. The van der Waals surface area contributed by atoms with Crippen LogP contribution in [0.2, 0.25) is 5.28 Å². The molecule has 0 saturated carbocycles. The summed E-state index contributed by atoms with van der Waals surface area (Å²) in [7, 11) is 0. The van der Waals surface area contributed by atoms with E-state index in [1.165, 1.54) is 0 Å². The van der Waals surface area contributed by atoms with Gasteiger partial charge >= 0.3 is 6.18 Å². The van der Waals surface area contributed by atoms with E-state index in [-0.39, 0.29) is 5.03 Å². The lowest BCUT2D eigenvalue weighted by Crippen LogP contribution is -2.09. The Hall–Kier alpha value is -1.27. The van der Waals surface area contributed by atoms with Gasteiger partial charge in [0.1, 0.15) is 5.03 Å². The van der Waals surface area contributed by atoms with E-state index in [9.17, 15) is 13.2 Å². The largest absolute Gasteiger partial charge is 0.433 e. The van der Waals surface area contributed by atoms with Gasteiger partial charge in [-0.25, -0.2) is 9.97 Å². The van der Waals surface area contributed by atoms with Gasteiger partial charge in [-0.2, -0.15) is 13.2 Å². The smallest absolute Gasteiger partial charge is 0.213 e. The number of rotatable bonds is 2. The first-order valence-electron chi connectivity index (χ1n) is 5.62. The maximum absolute atomic E-state index is 12.6. The summed E-state index contributed by atoms with van der Waals surface area (Å²) < 4.78 is 37.9. The summed E-state index contributed by atoms with van der Waals surface area (Å²) in [6.07, 6.45) is -4.54. The molecule has 0 spiro atoms. The Morgan fingerprint density at radius 2 is 1.75 bits per heavy atom. The van der Waals surface area contributed by atoms with Crippen LogP contribution >= 0.6 is 23.4 Å². The number of aryl methyl sites for hydroxylation is 2. The number of halogens is 4. The van der Waals surface area contributed by atoms with Crippen LogP contribution in [0.15, 0.2) is 34.2 Å². The van der Waals surface area contributed by atoms with E-state index in [0.29, 0.717) is 0 Å². The second-order valence-electron chi connectivity index (χ2n) is 4.21. The van der Waals surface area contributed by atoms with Crippen LogP contribution in [-0.2, 0) is 6.18 Å². The summed E-state index contributed by atoms with van der Waals surface area (Å²) in [5.41, 5.74) is 1.14. The lowest BCUT2D eigenvalue weighted by Gasteiger charge is -2.08. The highest BCUT2D eigenvalue weighted by Gasteiger charge is 2.33. The maximum atomic E-state index is 12.6. The molecule has 7 heteroatoms. The highest BCUT2D eigenvalue weighted by Crippen LogP contribution is 2.33. The van der Waals surface area contributed by atoms with Gasteiger partial charge in [0.15, 0.2) is 5.69 Å². The Kier molecular flexibility index (Phi) is 4.25. The molecule has 0 saturated heterocycles. The monoisotopic (exact) mass is 318 g/mol. The van der Waals surface area contributed by atoms with Crippen molar-refractivity contribution in [3.05, 3.63) is 46.4 Å². The van der Waals surface area contributed by atoms with E-state index in [4.69, 9.17) is 11.6 Å². The molecule has 0 atom stereocenters. The second kappa shape index (κ2) is 5.61. The quantitative estimate of drug-likeness (QED) is 0.581. The molecule has 0 unspecified atom stereocenters. The maximum Gasteiger partial charge on any atom is 0.433 e. The molecule has 0 N–H and O–H groups in total. The van der Waals surface area contributed by atoms with Gasteiger partial charge in [-0.1, -0.05) is 17.8 Å². The van der Waals surface area contributed by atoms with Crippen molar-refractivity contribution in [3.63, 3.8) is 0 Å². The van der Waals surface area contributed by atoms with Crippen molar-refractivity contribution in [1.29, 1.82) is 0 Å².